The Morgan fingerprint density at radius 3 is 2.59 bits per heavy atom. The standard InChI is InChI=1S/C14H14BrNO/c1-3-4-10-16(11-12(2)15)14(17)13-8-6-5-7-9-13/h5-9H,2,10-11H2,1H3. The van der Waals surface area contributed by atoms with Crippen LogP contribution in [0.2, 0.25) is 0 Å². The highest BCUT2D eigenvalue weighted by atomic mass is 79.9. The zero-order valence-electron chi connectivity index (χ0n) is 9.74. The van der Waals surface area contributed by atoms with Gasteiger partial charge >= 0.3 is 0 Å². The molecular formula is C14H14BrNO. The van der Waals surface area contributed by atoms with Crippen LogP contribution < -0.4 is 0 Å². The van der Waals surface area contributed by atoms with Crippen molar-refractivity contribution in [3.8, 4) is 11.8 Å². The smallest absolute Gasteiger partial charge is 0.254 e. The maximum absolute atomic E-state index is 12.2. The zero-order valence-corrected chi connectivity index (χ0v) is 11.3. The quantitative estimate of drug-likeness (QED) is 0.781. The molecule has 0 atom stereocenters. The van der Waals surface area contributed by atoms with Crippen LogP contribution in [-0.2, 0) is 0 Å². The molecule has 1 aromatic carbocycles. The molecule has 0 radical (unpaired) electrons. The Bertz CT molecular complexity index is 456. The summed E-state index contributed by atoms with van der Waals surface area (Å²) in [6, 6.07) is 9.17. The Morgan fingerprint density at radius 1 is 1.41 bits per heavy atom. The lowest BCUT2D eigenvalue weighted by Gasteiger charge is -2.19. The van der Waals surface area contributed by atoms with Crippen molar-refractivity contribution in [2.75, 3.05) is 13.1 Å². The molecule has 0 saturated heterocycles. The van der Waals surface area contributed by atoms with Gasteiger partial charge in [-0.3, -0.25) is 4.79 Å². The molecule has 3 heteroatoms. The van der Waals surface area contributed by atoms with E-state index in [4.69, 9.17) is 0 Å². The van der Waals surface area contributed by atoms with Crippen LogP contribution in [0.3, 0.4) is 0 Å². The Kier molecular flexibility index (Phi) is 5.51. The third-order valence-corrected chi connectivity index (χ3v) is 2.37. The van der Waals surface area contributed by atoms with Crippen LogP contribution in [0.5, 0.6) is 0 Å². The Labute approximate surface area is 110 Å². The van der Waals surface area contributed by atoms with Gasteiger partial charge in [0.05, 0.1) is 13.1 Å². The Hall–Kier alpha value is -1.53. The van der Waals surface area contributed by atoms with Crippen molar-refractivity contribution >= 4 is 21.8 Å². The summed E-state index contributed by atoms with van der Waals surface area (Å²) in [5.74, 6) is 5.65. The second-order valence-corrected chi connectivity index (χ2v) is 4.59. The molecule has 0 heterocycles. The summed E-state index contributed by atoms with van der Waals surface area (Å²) in [6.45, 7) is 6.38. The highest BCUT2D eigenvalue weighted by Crippen LogP contribution is 2.09. The molecule has 17 heavy (non-hydrogen) atoms. The molecule has 88 valence electrons. The molecule has 0 unspecified atom stereocenters. The van der Waals surface area contributed by atoms with E-state index in [9.17, 15) is 4.79 Å². The van der Waals surface area contributed by atoms with Crippen LogP contribution in [0.25, 0.3) is 0 Å². The maximum Gasteiger partial charge on any atom is 0.254 e. The number of amides is 1. The first kappa shape index (κ1) is 13.5. The molecule has 0 aliphatic carbocycles. The Morgan fingerprint density at radius 2 is 2.06 bits per heavy atom. The first-order chi connectivity index (χ1) is 8.15. The van der Waals surface area contributed by atoms with Gasteiger partial charge in [0.2, 0.25) is 0 Å². The van der Waals surface area contributed by atoms with Gasteiger partial charge in [-0.25, -0.2) is 0 Å². The van der Waals surface area contributed by atoms with E-state index in [0.717, 1.165) is 4.48 Å². The molecule has 0 spiro atoms. The number of hydrogen-bond acceptors (Lipinski definition) is 1. The molecule has 1 amide bonds. The van der Waals surface area contributed by atoms with Crippen LogP contribution >= 0.6 is 15.9 Å². The van der Waals surface area contributed by atoms with Gasteiger partial charge in [-0.1, -0.05) is 46.6 Å². The van der Waals surface area contributed by atoms with Gasteiger partial charge in [0.1, 0.15) is 0 Å². The van der Waals surface area contributed by atoms with Crippen LogP contribution in [-0.4, -0.2) is 23.9 Å². The highest BCUT2D eigenvalue weighted by Gasteiger charge is 2.14. The van der Waals surface area contributed by atoms with Crippen molar-refractivity contribution < 1.29 is 4.79 Å². The second-order valence-electron chi connectivity index (χ2n) is 3.47. The fourth-order valence-electron chi connectivity index (χ4n) is 1.34. The van der Waals surface area contributed by atoms with Crippen molar-refractivity contribution in [2.45, 2.75) is 6.92 Å². The minimum absolute atomic E-state index is 0.0334. The van der Waals surface area contributed by atoms with Crippen molar-refractivity contribution in [1.82, 2.24) is 4.90 Å². The molecule has 0 aliphatic rings. The monoisotopic (exact) mass is 291 g/mol. The first-order valence-electron chi connectivity index (χ1n) is 5.22. The van der Waals surface area contributed by atoms with E-state index in [-0.39, 0.29) is 5.91 Å². The van der Waals surface area contributed by atoms with Crippen LogP contribution in [0.4, 0.5) is 0 Å². The zero-order chi connectivity index (χ0) is 12.7. The van der Waals surface area contributed by atoms with Crippen LogP contribution in [0.1, 0.15) is 17.3 Å². The van der Waals surface area contributed by atoms with Gasteiger partial charge in [-0.2, -0.15) is 0 Å². The molecule has 0 aliphatic heterocycles. The van der Waals surface area contributed by atoms with Gasteiger partial charge in [0.15, 0.2) is 0 Å². The summed E-state index contributed by atoms with van der Waals surface area (Å²) < 4.78 is 0.764. The van der Waals surface area contributed by atoms with E-state index in [1.54, 1.807) is 24.0 Å². The average molecular weight is 292 g/mol. The number of halogens is 1. The van der Waals surface area contributed by atoms with Crippen LogP contribution in [0.15, 0.2) is 41.4 Å². The van der Waals surface area contributed by atoms with Crippen molar-refractivity contribution in [2.24, 2.45) is 0 Å². The number of carbonyl (C=O) groups excluding carboxylic acids is 1. The van der Waals surface area contributed by atoms with E-state index < -0.39 is 0 Å². The molecular weight excluding hydrogens is 278 g/mol. The van der Waals surface area contributed by atoms with Gasteiger partial charge in [-0.05, 0) is 19.1 Å². The Balaban J connectivity index is 2.85. The van der Waals surface area contributed by atoms with E-state index in [1.165, 1.54) is 0 Å². The summed E-state index contributed by atoms with van der Waals surface area (Å²) in [4.78, 5) is 13.8. The SMILES string of the molecule is C=C(Br)CN(CC#CC)C(=O)c1ccccc1. The van der Waals surface area contributed by atoms with Crippen LogP contribution in [0, 0.1) is 11.8 Å². The molecule has 0 saturated carbocycles. The maximum atomic E-state index is 12.2. The summed E-state index contributed by atoms with van der Waals surface area (Å²) in [5.41, 5.74) is 0.666. The van der Waals surface area contributed by atoms with Gasteiger partial charge < -0.3 is 4.90 Å². The molecule has 0 fully saturated rings. The summed E-state index contributed by atoms with van der Waals surface area (Å²) in [6.07, 6.45) is 0. The molecule has 0 aromatic heterocycles. The van der Waals surface area contributed by atoms with E-state index >= 15 is 0 Å². The van der Waals surface area contributed by atoms with Gasteiger partial charge in [-0.15, -0.1) is 5.92 Å². The summed E-state index contributed by atoms with van der Waals surface area (Å²) in [7, 11) is 0. The normalized spacial score (nSPS) is 9.06. The molecule has 2 nitrogen and oxygen atoms in total. The number of rotatable bonds is 4. The number of hydrogen-bond donors (Lipinski definition) is 0. The molecule has 0 N–H and O–H groups in total. The number of nitrogens with zero attached hydrogens (tertiary/aromatic N) is 1. The second kappa shape index (κ2) is 6.93. The average Bonchev–Trinajstić information content (AvgIpc) is 2.34. The predicted octanol–water partition coefficient (Wildman–Crippen LogP) is 3.06. The minimum atomic E-state index is -0.0334. The van der Waals surface area contributed by atoms with Gasteiger partial charge in [0.25, 0.3) is 5.91 Å². The third kappa shape index (κ3) is 4.46. The molecule has 0 bridgehead atoms. The largest absolute Gasteiger partial charge is 0.323 e. The lowest BCUT2D eigenvalue weighted by Crippen LogP contribution is -2.32. The summed E-state index contributed by atoms with van der Waals surface area (Å²) >= 11 is 3.27. The molecule has 1 aromatic rings. The van der Waals surface area contributed by atoms with E-state index in [2.05, 4.69) is 34.3 Å². The van der Waals surface area contributed by atoms with Gasteiger partial charge in [0, 0.05) is 10.0 Å². The highest BCUT2D eigenvalue weighted by molar-refractivity contribution is 9.11. The minimum Gasteiger partial charge on any atom is -0.323 e. The van der Waals surface area contributed by atoms with Crippen molar-refractivity contribution in [3.63, 3.8) is 0 Å². The number of benzene rings is 1. The summed E-state index contributed by atoms with van der Waals surface area (Å²) in [5, 5.41) is 0. The van der Waals surface area contributed by atoms with E-state index in [0.29, 0.717) is 18.7 Å². The predicted molar refractivity (Wildman–Crippen MR) is 73.9 cm³/mol. The first-order valence-corrected chi connectivity index (χ1v) is 6.01. The topological polar surface area (TPSA) is 20.3 Å². The number of carbonyl (C=O) groups is 1. The fourth-order valence-corrected chi connectivity index (χ4v) is 1.65. The third-order valence-electron chi connectivity index (χ3n) is 2.12. The fraction of sp³-hybridized carbons (Fsp3) is 0.214. The molecule has 1 rings (SSSR count). The van der Waals surface area contributed by atoms with E-state index in [1.807, 2.05) is 18.2 Å². The van der Waals surface area contributed by atoms with Crippen molar-refractivity contribution in [1.29, 1.82) is 0 Å². The van der Waals surface area contributed by atoms with Crippen molar-refractivity contribution in [3.05, 3.63) is 47.0 Å². The lowest BCUT2D eigenvalue weighted by atomic mass is 10.2. The lowest BCUT2D eigenvalue weighted by molar-refractivity contribution is 0.0792.